The number of hydrogen-bond acceptors (Lipinski definition) is 4. The fourth-order valence-corrected chi connectivity index (χ4v) is 2.74. The van der Waals surface area contributed by atoms with E-state index < -0.39 is 5.82 Å². The van der Waals surface area contributed by atoms with E-state index in [0.717, 1.165) is 18.9 Å². The number of ether oxygens (including phenoxy) is 2. The smallest absolute Gasteiger partial charge is 0.308 e. The maximum Gasteiger partial charge on any atom is 0.308 e. The second-order valence-corrected chi connectivity index (χ2v) is 5.91. The van der Waals surface area contributed by atoms with Crippen LogP contribution in [0.15, 0.2) is 18.2 Å². The van der Waals surface area contributed by atoms with Crippen molar-refractivity contribution in [2.45, 2.75) is 31.7 Å². The van der Waals surface area contributed by atoms with Gasteiger partial charge in [0.1, 0.15) is 11.6 Å². The summed E-state index contributed by atoms with van der Waals surface area (Å²) in [5.74, 6) is -0.895. The van der Waals surface area contributed by atoms with Crippen LogP contribution in [0, 0.1) is 11.7 Å². The van der Waals surface area contributed by atoms with E-state index in [4.69, 9.17) is 21.1 Å². The van der Waals surface area contributed by atoms with Crippen molar-refractivity contribution in [3.63, 3.8) is 0 Å². The summed E-state index contributed by atoms with van der Waals surface area (Å²) in [5, 5.41) is 2.86. The largest absolute Gasteiger partial charge is 0.484 e. The highest BCUT2D eigenvalue weighted by Gasteiger charge is 2.27. The molecule has 1 amide bonds. The molecule has 2 rings (SSSR count). The third-order valence-electron chi connectivity index (χ3n) is 3.89. The number of benzene rings is 1. The first-order chi connectivity index (χ1) is 11.0. The van der Waals surface area contributed by atoms with Crippen molar-refractivity contribution in [3.05, 3.63) is 29.0 Å². The van der Waals surface area contributed by atoms with E-state index in [-0.39, 0.29) is 41.2 Å². The lowest BCUT2D eigenvalue weighted by atomic mass is 9.86. The summed E-state index contributed by atoms with van der Waals surface area (Å²) in [5.41, 5.74) is 0. The van der Waals surface area contributed by atoms with Crippen molar-refractivity contribution in [2.24, 2.45) is 5.92 Å². The fraction of sp³-hybridized carbons (Fsp3) is 0.500. The number of carbonyl (C=O) groups excluding carboxylic acids is 2. The number of methoxy groups -OCH3 is 1. The maximum atomic E-state index is 13.3. The van der Waals surface area contributed by atoms with Gasteiger partial charge in [-0.3, -0.25) is 9.59 Å². The first-order valence-electron chi connectivity index (χ1n) is 7.44. The summed E-state index contributed by atoms with van der Waals surface area (Å²) in [6.45, 7) is -0.196. The molecule has 0 aliphatic heterocycles. The van der Waals surface area contributed by atoms with Crippen molar-refractivity contribution >= 4 is 23.5 Å². The van der Waals surface area contributed by atoms with Crippen LogP contribution in [-0.4, -0.2) is 31.6 Å². The highest BCUT2D eigenvalue weighted by atomic mass is 35.5. The van der Waals surface area contributed by atoms with Gasteiger partial charge in [-0.25, -0.2) is 4.39 Å². The summed E-state index contributed by atoms with van der Waals surface area (Å²) < 4.78 is 23.2. The third kappa shape index (κ3) is 5.10. The van der Waals surface area contributed by atoms with Crippen LogP contribution in [-0.2, 0) is 14.3 Å². The van der Waals surface area contributed by atoms with Crippen LogP contribution in [0.2, 0.25) is 5.02 Å². The number of hydrogen-bond donors (Lipinski definition) is 1. The van der Waals surface area contributed by atoms with Gasteiger partial charge in [-0.2, -0.15) is 0 Å². The Bertz CT molecular complexity index is 573. The van der Waals surface area contributed by atoms with Gasteiger partial charge in [-0.15, -0.1) is 0 Å². The molecule has 0 saturated heterocycles. The van der Waals surface area contributed by atoms with E-state index in [2.05, 4.69) is 5.32 Å². The van der Waals surface area contributed by atoms with E-state index in [9.17, 15) is 14.0 Å². The van der Waals surface area contributed by atoms with Crippen LogP contribution >= 0.6 is 11.6 Å². The zero-order chi connectivity index (χ0) is 16.8. The Morgan fingerprint density at radius 1 is 1.30 bits per heavy atom. The molecular formula is C16H19ClFNO4. The fourth-order valence-electron chi connectivity index (χ4n) is 2.62. The molecule has 1 saturated carbocycles. The quantitative estimate of drug-likeness (QED) is 0.835. The topological polar surface area (TPSA) is 64.6 Å². The third-order valence-corrected chi connectivity index (χ3v) is 4.19. The van der Waals surface area contributed by atoms with Crippen LogP contribution in [0.25, 0.3) is 0 Å². The Kier molecular flexibility index (Phi) is 6.21. The van der Waals surface area contributed by atoms with Gasteiger partial charge in [0.05, 0.1) is 18.1 Å². The Hall–Kier alpha value is -1.82. The molecule has 23 heavy (non-hydrogen) atoms. The highest BCUT2D eigenvalue weighted by molar-refractivity contribution is 6.30. The molecule has 0 atom stereocenters. The maximum absolute atomic E-state index is 13.3. The summed E-state index contributed by atoms with van der Waals surface area (Å²) in [7, 11) is 1.38. The van der Waals surface area contributed by atoms with Crippen LogP contribution < -0.4 is 10.1 Å². The van der Waals surface area contributed by atoms with E-state index in [1.165, 1.54) is 19.2 Å². The lowest BCUT2D eigenvalue weighted by Gasteiger charge is -2.27. The summed E-state index contributed by atoms with van der Waals surface area (Å²) in [6, 6.07) is 4.03. The Labute approximate surface area is 139 Å². The predicted octanol–water partition coefficient (Wildman–Crippen LogP) is 2.71. The lowest BCUT2D eigenvalue weighted by Crippen LogP contribution is -2.41. The number of rotatable bonds is 5. The van der Waals surface area contributed by atoms with E-state index >= 15 is 0 Å². The molecule has 0 unspecified atom stereocenters. The number of carbonyl (C=O) groups is 2. The average Bonchev–Trinajstić information content (AvgIpc) is 2.56. The molecule has 1 fully saturated rings. The molecule has 1 aromatic rings. The second kappa shape index (κ2) is 8.15. The minimum atomic E-state index is -0.592. The Balaban J connectivity index is 1.73. The molecule has 0 heterocycles. The molecule has 0 radical (unpaired) electrons. The van der Waals surface area contributed by atoms with Crippen molar-refractivity contribution in [2.75, 3.05) is 13.7 Å². The summed E-state index contributed by atoms with van der Waals surface area (Å²) >= 11 is 5.57. The van der Waals surface area contributed by atoms with Crippen LogP contribution in [0.3, 0.4) is 0 Å². The minimum absolute atomic E-state index is 0.00386. The second-order valence-electron chi connectivity index (χ2n) is 5.50. The Morgan fingerprint density at radius 2 is 2.00 bits per heavy atom. The number of amides is 1. The Morgan fingerprint density at radius 3 is 2.61 bits per heavy atom. The standard InChI is InChI=1S/C16H19ClFNO4/c1-22-16(21)10-2-4-11(5-3-10)19-15(20)9-23-12-6-7-13(17)14(18)8-12/h6-8,10-11H,2-5,9H2,1H3,(H,19,20)/t10-,11+. The summed E-state index contributed by atoms with van der Waals surface area (Å²) in [4.78, 5) is 23.3. The first-order valence-corrected chi connectivity index (χ1v) is 7.82. The molecule has 1 aromatic carbocycles. The number of halogens is 2. The lowest BCUT2D eigenvalue weighted by molar-refractivity contribution is -0.146. The van der Waals surface area contributed by atoms with Crippen LogP contribution in [0.1, 0.15) is 25.7 Å². The van der Waals surface area contributed by atoms with Gasteiger partial charge in [-0.1, -0.05) is 11.6 Å². The van der Waals surface area contributed by atoms with Gasteiger partial charge in [0, 0.05) is 12.1 Å². The highest BCUT2D eigenvalue weighted by Crippen LogP contribution is 2.25. The van der Waals surface area contributed by atoms with E-state index in [0.29, 0.717) is 12.8 Å². The minimum Gasteiger partial charge on any atom is -0.484 e. The predicted molar refractivity (Wildman–Crippen MR) is 82.8 cm³/mol. The van der Waals surface area contributed by atoms with Gasteiger partial charge in [0.15, 0.2) is 6.61 Å². The van der Waals surface area contributed by atoms with Crippen molar-refractivity contribution in [1.29, 1.82) is 0 Å². The average molecular weight is 344 g/mol. The van der Waals surface area contributed by atoms with Gasteiger partial charge in [0.2, 0.25) is 0 Å². The van der Waals surface area contributed by atoms with Gasteiger partial charge in [-0.05, 0) is 37.8 Å². The van der Waals surface area contributed by atoms with Crippen LogP contribution in [0.4, 0.5) is 4.39 Å². The van der Waals surface area contributed by atoms with Crippen molar-refractivity contribution < 1.29 is 23.5 Å². The molecular weight excluding hydrogens is 325 g/mol. The van der Waals surface area contributed by atoms with E-state index in [1.807, 2.05) is 0 Å². The molecule has 0 bridgehead atoms. The normalized spacial score (nSPS) is 20.7. The molecule has 1 aliphatic carbocycles. The molecule has 0 aromatic heterocycles. The summed E-state index contributed by atoms with van der Waals surface area (Å²) in [6.07, 6.45) is 2.84. The zero-order valence-corrected chi connectivity index (χ0v) is 13.6. The van der Waals surface area contributed by atoms with Gasteiger partial charge < -0.3 is 14.8 Å². The molecule has 1 aliphatic rings. The number of nitrogens with one attached hydrogen (secondary N) is 1. The van der Waals surface area contributed by atoms with Gasteiger partial charge in [0.25, 0.3) is 5.91 Å². The van der Waals surface area contributed by atoms with Crippen molar-refractivity contribution in [1.82, 2.24) is 5.32 Å². The van der Waals surface area contributed by atoms with E-state index in [1.54, 1.807) is 0 Å². The molecule has 5 nitrogen and oxygen atoms in total. The SMILES string of the molecule is COC(=O)[C@H]1CC[C@@H](NC(=O)COc2ccc(Cl)c(F)c2)CC1. The molecule has 7 heteroatoms. The van der Waals surface area contributed by atoms with Crippen molar-refractivity contribution in [3.8, 4) is 5.75 Å². The zero-order valence-electron chi connectivity index (χ0n) is 12.8. The molecule has 0 spiro atoms. The van der Waals surface area contributed by atoms with Gasteiger partial charge >= 0.3 is 5.97 Å². The first kappa shape index (κ1) is 17.5. The monoisotopic (exact) mass is 343 g/mol. The number of esters is 1. The molecule has 126 valence electrons. The van der Waals surface area contributed by atoms with Crippen LogP contribution in [0.5, 0.6) is 5.75 Å². The molecule has 1 N–H and O–H groups in total.